The number of benzene rings is 2. The Morgan fingerprint density at radius 1 is 0.952 bits per heavy atom. The minimum atomic E-state index is -1.96. The number of hydrogen-bond acceptors (Lipinski definition) is 14. The van der Waals surface area contributed by atoms with Crippen LogP contribution in [0, 0.1) is 0 Å². The molecular formula is C27H28O15. The maximum absolute atomic E-state index is 13.5. The molecular weight excluding hydrogens is 564 g/mol. The van der Waals surface area contributed by atoms with Crippen LogP contribution in [-0.4, -0.2) is 95.7 Å². The summed E-state index contributed by atoms with van der Waals surface area (Å²) in [6.45, 7) is 0.377. The fourth-order valence-corrected chi connectivity index (χ4v) is 4.37. The maximum Gasteiger partial charge on any atom is 0.308 e. The molecule has 4 rings (SSSR count). The number of ether oxygens (including phenoxy) is 3. The van der Waals surface area contributed by atoms with Gasteiger partial charge >= 0.3 is 11.9 Å². The first-order chi connectivity index (χ1) is 19.7. The van der Waals surface area contributed by atoms with Crippen LogP contribution in [0.1, 0.15) is 19.8 Å². The van der Waals surface area contributed by atoms with Crippen molar-refractivity contribution in [3.8, 4) is 34.3 Å². The molecule has 1 aliphatic heterocycles. The van der Waals surface area contributed by atoms with E-state index in [1.165, 1.54) is 24.3 Å². The first-order valence-corrected chi connectivity index (χ1v) is 12.4. The summed E-state index contributed by atoms with van der Waals surface area (Å²) >= 11 is 0. The molecule has 1 aliphatic rings. The van der Waals surface area contributed by atoms with Crippen molar-refractivity contribution in [2.75, 3.05) is 6.61 Å². The number of hydrogen-bond donors (Lipinski definition) is 8. The number of rotatable bonds is 9. The second-order valence-corrected chi connectivity index (χ2v) is 10.0. The molecule has 15 nitrogen and oxygen atoms in total. The third-order valence-corrected chi connectivity index (χ3v) is 6.42. The number of phenols is 3. The molecule has 0 bridgehead atoms. The second kappa shape index (κ2) is 11.8. The highest BCUT2D eigenvalue weighted by Gasteiger charge is 2.46. The van der Waals surface area contributed by atoms with Gasteiger partial charge in [0.05, 0.1) is 18.4 Å². The molecule has 42 heavy (non-hydrogen) atoms. The third-order valence-electron chi connectivity index (χ3n) is 6.42. The molecule has 8 N–H and O–H groups in total. The zero-order valence-electron chi connectivity index (χ0n) is 21.9. The predicted molar refractivity (Wildman–Crippen MR) is 139 cm³/mol. The van der Waals surface area contributed by atoms with Crippen molar-refractivity contribution in [1.29, 1.82) is 0 Å². The standard InChI is InChI=1S/C27H28O15/c1-27(38,8-17(31)32)9-18(33)39-10-16-20(34)22(36)23(37)26(41-16)42-25-21(35)19-14(30)6-13(29)7-15(19)40-24(25)11-2-4-12(28)5-3-11/h2-7,16,20,22-23,26,28-30,34,36-38H,8-10H2,1H3,(H,31,32). The second-order valence-electron chi connectivity index (χ2n) is 10.0. The van der Waals surface area contributed by atoms with E-state index < -0.39 is 95.8 Å². The average Bonchev–Trinajstić information content (AvgIpc) is 2.88. The summed E-state index contributed by atoms with van der Waals surface area (Å²) in [7, 11) is 0. The van der Waals surface area contributed by atoms with Gasteiger partial charge < -0.3 is 59.5 Å². The van der Waals surface area contributed by atoms with Crippen LogP contribution in [0.4, 0.5) is 0 Å². The first-order valence-electron chi connectivity index (χ1n) is 12.4. The fourth-order valence-electron chi connectivity index (χ4n) is 4.37. The number of carbonyl (C=O) groups is 2. The lowest BCUT2D eigenvalue weighted by Crippen LogP contribution is -2.60. The number of aromatic hydroxyl groups is 3. The summed E-state index contributed by atoms with van der Waals surface area (Å²) in [5.74, 6) is -4.52. The number of aliphatic carboxylic acids is 1. The van der Waals surface area contributed by atoms with Gasteiger partial charge in [-0.1, -0.05) is 0 Å². The van der Waals surface area contributed by atoms with E-state index in [-0.39, 0.29) is 22.7 Å². The van der Waals surface area contributed by atoms with Crippen molar-refractivity contribution in [1.82, 2.24) is 0 Å². The Labute approximate surface area is 236 Å². The molecule has 1 saturated heterocycles. The lowest BCUT2D eigenvalue weighted by atomic mass is 9.98. The van der Waals surface area contributed by atoms with Gasteiger partial charge in [0.1, 0.15) is 59.2 Å². The molecule has 6 unspecified atom stereocenters. The summed E-state index contributed by atoms with van der Waals surface area (Å²) < 4.78 is 21.9. The smallest absolute Gasteiger partial charge is 0.308 e. The zero-order chi connectivity index (χ0) is 30.9. The summed E-state index contributed by atoms with van der Waals surface area (Å²) in [5.41, 5.74) is -2.98. The lowest BCUT2D eigenvalue weighted by Gasteiger charge is -2.39. The Morgan fingerprint density at radius 2 is 1.62 bits per heavy atom. The van der Waals surface area contributed by atoms with Crippen LogP contribution >= 0.6 is 0 Å². The molecule has 15 heteroatoms. The number of phenolic OH excluding ortho intramolecular Hbond substituents is 3. The van der Waals surface area contributed by atoms with Crippen molar-refractivity contribution >= 4 is 22.9 Å². The minimum Gasteiger partial charge on any atom is -0.508 e. The van der Waals surface area contributed by atoms with Gasteiger partial charge in [0.25, 0.3) is 0 Å². The van der Waals surface area contributed by atoms with E-state index in [2.05, 4.69) is 0 Å². The molecule has 1 fully saturated rings. The van der Waals surface area contributed by atoms with Crippen LogP contribution in [0.25, 0.3) is 22.3 Å². The summed E-state index contributed by atoms with van der Waals surface area (Å²) in [4.78, 5) is 36.5. The normalized spacial score (nSPS) is 23.7. The van der Waals surface area contributed by atoms with Gasteiger partial charge in [-0.05, 0) is 31.2 Å². The van der Waals surface area contributed by atoms with Crippen LogP contribution < -0.4 is 10.2 Å². The third kappa shape index (κ3) is 6.56. The molecule has 2 heterocycles. The van der Waals surface area contributed by atoms with E-state index >= 15 is 0 Å². The van der Waals surface area contributed by atoms with Gasteiger partial charge in [-0.3, -0.25) is 14.4 Å². The monoisotopic (exact) mass is 592 g/mol. The molecule has 3 aromatic rings. The molecule has 0 spiro atoms. The van der Waals surface area contributed by atoms with Gasteiger partial charge in [0.2, 0.25) is 17.5 Å². The van der Waals surface area contributed by atoms with Crippen LogP contribution in [0.3, 0.4) is 0 Å². The van der Waals surface area contributed by atoms with Gasteiger partial charge in [-0.15, -0.1) is 0 Å². The van der Waals surface area contributed by atoms with E-state index in [1.54, 1.807) is 0 Å². The van der Waals surface area contributed by atoms with Crippen LogP contribution in [0.15, 0.2) is 45.6 Å². The SMILES string of the molecule is CC(O)(CC(=O)O)CC(=O)OCC1OC(Oc2c(-c3ccc(O)cc3)oc3cc(O)cc(O)c3c2=O)C(O)C(O)C1O. The largest absolute Gasteiger partial charge is 0.508 e. The molecule has 226 valence electrons. The van der Waals surface area contributed by atoms with Crippen molar-refractivity contribution in [3.05, 3.63) is 46.6 Å². The molecule has 0 saturated carbocycles. The Morgan fingerprint density at radius 3 is 2.26 bits per heavy atom. The van der Waals surface area contributed by atoms with Gasteiger partial charge in [-0.2, -0.15) is 0 Å². The average molecular weight is 593 g/mol. The number of carboxylic acids is 1. The Kier molecular flexibility index (Phi) is 8.60. The van der Waals surface area contributed by atoms with E-state index in [1.807, 2.05) is 0 Å². The molecule has 2 aromatic carbocycles. The van der Waals surface area contributed by atoms with Gasteiger partial charge in [0.15, 0.2) is 5.76 Å². The molecule has 6 atom stereocenters. The zero-order valence-corrected chi connectivity index (χ0v) is 21.9. The maximum atomic E-state index is 13.5. The number of aliphatic hydroxyl groups excluding tert-OH is 3. The lowest BCUT2D eigenvalue weighted by molar-refractivity contribution is -0.278. The predicted octanol–water partition coefficient (Wildman–Crippen LogP) is -0.0778. The van der Waals surface area contributed by atoms with Crippen molar-refractivity contribution in [2.45, 2.75) is 56.1 Å². The van der Waals surface area contributed by atoms with Gasteiger partial charge in [0, 0.05) is 17.7 Å². The Balaban J connectivity index is 1.64. The molecule has 0 amide bonds. The van der Waals surface area contributed by atoms with Crippen LogP contribution in [0.2, 0.25) is 0 Å². The molecule has 0 aliphatic carbocycles. The highest BCUT2D eigenvalue weighted by molar-refractivity contribution is 5.88. The summed E-state index contributed by atoms with van der Waals surface area (Å²) in [5, 5.41) is 79.8. The highest BCUT2D eigenvalue weighted by Crippen LogP contribution is 2.37. The topological polar surface area (TPSA) is 254 Å². The number of carbonyl (C=O) groups excluding carboxylic acids is 1. The number of aliphatic hydroxyl groups is 4. The molecule has 1 aromatic heterocycles. The molecule has 0 radical (unpaired) electrons. The van der Waals surface area contributed by atoms with Crippen molar-refractivity contribution in [3.63, 3.8) is 0 Å². The Hall–Kier alpha value is -4.41. The summed E-state index contributed by atoms with van der Waals surface area (Å²) in [6.07, 6.45) is -10.6. The number of carboxylic acid groups (broad SMARTS) is 1. The summed E-state index contributed by atoms with van der Waals surface area (Å²) in [6, 6.07) is 7.20. The highest BCUT2D eigenvalue weighted by atomic mass is 16.7. The van der Waals surface area contributed by atoms with Crippen LogP contribution in [0.5, 0.6) is 23.0 Å². The fraction of sp³-hybridized carbons (Fsp3) is 0.370. The van der Waals surface area contributed by atoms with E-state index in [9.17, 15) is 50.1 Å². The Bertz CT molecular complexity index is 1530. The quantitative estimate of drug-likeness (QED) is 0.151. The first kappa shape index (κ1) is 30.5. The number of esters is 1. The van der Waals surface area contributed by atoms with Crippen molar-refractivity contribution in [2.24, 2.45) is 0 Å². The number of fused-ring (bicyclic) bond motifs is 1. The van der Waals surface area contributed by atoms with Crippen molar-refractivity contribution < 1.29 is 69.1 Å². The van der Waals surface area contributed by atoms with Crippen LogP contribution in [-0.2, 0) is 19.1 Å². The van der Waals surface area contributed by atoms with Gasteiger partial charge in [-0.25, -0.2) is 0 Å². The van der Waals surface area contributed by atoms with E-state index in [0.717, 1.165) is 19.1 Å². The minimum absolute atomic E-state index is 0.121. The van der Waals surface area contributed by atoms with E-state index in [4.69, 9.17) is 23.7 Å². The van der Waals surface area contributed by atoms with E-state index in [0.29, 0.717) is 0 Å².